The van der Waals surface area contributed by atoms with Gasteiger partial charge in [0.05, 0.1) is 11.6 Å². The molecule has 0 spiro atoms. The van der Waals surface area contributed by atoms with Gasteiger partial charge in [0, 0.05) is 0 Å². The van der Waals surface area contributed by atoms with Crippen molar-refractivity contribution in [1.29, 1.82) is 0 Å². The Morgan fingerprint density at radius 1 is 1.46 bits per heavy atom. The van der Waals surface area contributed by atoms with E-state index in [-0.39, 0.29) is 11.9 Å². The summed E-state index contributed by atoms with van der Waals surface area (Å²) in [5.41, 5.74) is 0.451. The summed E-state index contributed by atoms with van der Waals surface area (Å²) in [5, 5.41) is 0. The minimum Gasteiger partial charge on any atom is -0.475 e. The molecular weight excluding hydrogens is 169 g/mol. The largest absolute Gasteiger partial charge is 0.475 e. The van der Waals surface area contributed by atoms with Crippen LogP contribution in [0, 0.1) is 5.82 Å². The van der Waals surface area contributed by atoms with Crippen molar-refractivity contribution in [2.24, 2.45) is 4.99 Å². The molecule has 0 aromatic heterocycles. The molecule has 0 fully saturated rings. The fourth-order valence-corrected chi connectivity index (χ4v) is 1.26. The van der Waals surface area contributed by atoms with Crippen LogP contribution < -0.4 is 0 Å². The maximum absolute atomic E-state index is 13.2. The summed E-state index contributed by atoms with van der Waals surface area (Å²) in [7, 11) is 0. The van der Waals surface area contributed by atoms with Crippen molar-refractivity contribution in [3.8, 4) is 0 Å². The monoisotopic (exact) mass is 179 g/mol. The third kappa shape index (κ3) is 1.54. The first-order chi connectivity index (χ1) is 6.27. The van der Waals surface area contributed by atoms with Crippen molar-refractivity contribution in [3.05, 3.63) is 35.6 Å². The van der Waals surface area contributed by atoms with Gasteiger partial charge in [0.2, 0.25) is 5.90 Å². The van der Waals surface area contributed by atoms with E-state index < -0.39 is 0 Å². The van der Waals surface area contributed by atoms with Crippen LogP contribution in [-0.2, 0) is 4.74 Å². The molecule has 1 heterocycles. The molecule has 13 heavy (non-hydrogen) atoms. The molecule has 0 bridgehead atoms. The SMILES string of the molecule is C[C@H]1COC(c2ccccc2F)=N1. The van der Waals surface area contributed by atoms with Gasteiger partial charge < -0.3 is 4.74 Å². The zero-order chi connectivity index (χ0) is 9.26. The number of halogens is 1. The van der Waals surface area contributed by atoms with Crippen LogP contribution in [0.1, 0.15) is 12.5 Å². The highest BCUT2D eigenvalue weighted by atomic mass is 19.1. The number of aliphatic imine (C=N–C) groups is 1. The molecule has 1 aliphatic heterocycles. The van der Waals surface area contributed by atoms with E-state index >= 15 is 0 Å². The number of benzene rings is 1. The maximum atomic E-state index is 13.2. The predicted molar refractivity (Wildman–Crippen MR) is 48.4 cm³/mol. The molecule has 2 nitrogen and oxygen atoms in total. The van der Waals surface area contributed by atoms with E-state index in [0.717, 1.165) is 0 Å². The van der Waals surface area contributed by atoms with Gasteiger partial charge in [-0.15, -0.1) is 0 Å². The highest BCUT2D eigenvalue weighted by Gasteiger charge is 2.18. The van der Waals surface area contributed by atoms with Crippen LogP contribution in [0.15, 0.2) is 29.3 Å². The lowest BCUT2D eigenvalue weighted by Gasteiger charge is -2.01. The van der Waals surface area contributed by atoms with Crippen LogP contribution in [0.25, 0.3) is 0 Å². The lowest BCUT2D eigenvalue weighted by Crippen LogP contribution is -2.03. The molecule has 1 aromatic rings. The second-order valence-corrected chi connectivity index (χ2v) is 3.07. The average Bonchev–Trinajstić information content (AvgIpc) is 2.53. The molecule has 1 atom stereocenters. The molecule has 0 saturated heterocycles. The number of hydrogen-bond donors (Lipinski definition) is 0. The van der Waals surface area contributed by atoms with Crippen molar-refractivity contribution >= 4 is 5.90 Å². The molecular formula is C10H10FNO. The van der Waals surface area contributed by atoms with Crippen molar-refractivity contribution in [2.45, 2.75) is 13.0 Å². The lowest BCUT2D eigenvalue weighted by atomic mass is 10.2. The standard InChI is InChI=1S/C10H10FNO/c1-7-6-13-10(12-7)8-4-2-3-5-9(8)11/h2-5,7H,6H2,1H3/t7-/m0/s1. The van der Waals surface area contributed by atoms with Crippen LogP contribution in [-0.4, -0.2) is 18.5 Å². The van der Waals surface area contributed by atoms with E-state index in [1.807, 2.05) is 6.92 Å². The molecule has 1 aromatic carbocycles. The smallest absolute Gasteiger partial charge is 0.219 e. The second kappa shape index (κ2) is 3.17. The third-order valence-corrected chi connectivity index (χ3v) is 1.90. The fraction of sp³-hybridized carbons (Fsp3) is 0.300. The molecule has 2 rings (SSSR count). The highest BCUT2D eigenvalue weighted by molar-refractivity contribution is 5.95. The Hall–Kier alpha value is -1.38. The van der Waals surface area contributed by atoms with Crippen LogP contribution in [0.4, 0.5) is 4.39 Å². The summed E-state index contributed by atoms with van der Waals surface area (Å²) >= 11 is 0. The van der Waals surface area contributed by atoms with Crippen molar-refractivity contribution in [1.82, 2.24) is 0 Å². The zero-order valence-corrected chi connectivity index (χ0v) is 7.33. The van der Waals surface area contributed by atoms with Crippen LogP contribution in [0.5, 0.6) is 0 Å². The van der Waals surface area contributed by atoms with Gasteiger partial charge in [0.25, 0.3) is 0 Å². The van der Waals surface area contributed by atoms with Gasteiger partial charge in [-0.05, 0) is 19.1 Å². The van der Waals surface area contributed by atoms with Gasteiger partial charge in [0.1, 0.15) is 12.4 Å². The number of hydrogen-bond acceptors (Lipinski definition) is 2. The van der Waals surface area contributed by atoms with E-state index in [0.29, 0.717) is 18.1 Å². The van der Waals surface area contributed by atoms with Crippen LogP contribution in [0.2, 0.25) is 0 Å². The van der Waals surface area contributed by atoms with Gasteiger partial charge in [-0.25, -0.2) is 9.38 Å². The van der Waals surface area contributed by atoms with E-state index in [4.69, 9.17) is 4.74 Å². The number of ether oxygens (including phenoxy) is 1. The average molecular weight is 179 g/mol. The molecule has 1 aliphatic rings. The van der Waals surface area contributed by atoms with Gasteiger partial charge in [0.15, 0.2) is 0 Å². The zero-order valence-electron chi connectivity index (χ0n) is 7.33. The first-order valence-electron chi connectivity index (χ1n) is 4.23. The van der Waals surface area contributed by atoms with E-state index in [1.54, 1.807) is 18.2 Å². The first-order valence-corrected chi connectivity index (χ1v) is 4.23. The van der Waals surface area contributed by atoms with E-state index in [2.05, 4.69) is 4.99 Å². The quantitative estimate of drug-likeness (QED) is 0.646. The van der Waals surface area contributed by atoms with Gasteiger partial charge in [-0.1, -0.05) is 12.1 Å². The van der Waals surface area contributed by atoms with E-state index in [9.17, 15) is 4.39 Å². The maximum Gasteiger partial charge on any atom is 0.219 e. The lowest BCUT2D eigenvalue weighted by molar-refractivity contribution is 0.323. The van der Waals surface area contributed by atoms with Gasteiger partial charge >= 0.3 is 0 Å². The number of nitrogens with zero attached hydrogens (tertiary/aromatic N) is 1. The first kappa shape index (κ1) is 8.23. The Bertz CT molecular complexity index is 349. The Kier molecular flexibility index (Phi) is 2.00. The summed E-state index contributed by atoms with van der Waals surface area (Å²) in [5.74, 6) is 0.140. The summed E-state index contributed by atoms with van der Waals surface area (Å²) in [6, 6.07) is 6.64. The molecule has 0 N–H and O–H groups in total. The summed E-state index contributed by atoms with van der Waals surface area (Å²) in [6.45, 7) is 2.48. The highest BCUT2D eigenvalue weighted by Crippen LogP contribution is 2.14. The summed E-state index contributed by atoms with van der Waals surface area (Å²) < 4.78 is 18.4. The van der Waals surface area contributed by atoms with Gasteiger partial charge in [-0.3, -0.25) is 0 Å². The molecule has 0 unspecified atom stereocenters. The molecule has 0 amide bonds. The summed E-state index contributed by atoms with van der Waals surface area (Å²) in [4.78, 5) is 4.17. The normalized spacial score (nSPS) is 21.1. The minimum absolute atomic E-state index is 0.134. The van der Waals surface area contributed by atoms with Crippen LogP contribution >= 0.6 is 0 Å². The Morgan fingerprint density at radius 3 is 2.85 bits per heavy atom. The van der Waals surface area contributed by atoms with E-state index in [1.165, 1.54) is 6.07 Å². The fourth-order valence-electron chi connectivity index (χ4n) is 1.26. The Labute approximate surface area is 76.1 Å². The minimum atomic E-state index is -0.282. The molecule has 3 heteroatoms. The van der Waals surface area contributed by atoms with Gasteiger partial charge in [-0.2, -0.15) is 0 Å². The molecule has 0 radical (unpaired) electrons. The van der Waals surface area contributed by atoms with Crippen molar-refractivity contribution < 1.29 is 9.13 Å². The topological polar surface area (TPSA) is 21.6 Å². The Morgan fingerprint density at radius 2 is 2.23 bits per heavy atom. The van der Waals surface area contributed by atoms with Crippen molar-refractivity contribution in [2.75, 3.05) is 6.61 Å². The molecule has 68 valence electrons. The predicted octanol–water partition coefficient (Wildman–Crippen LogP) is 1.99. The van der Waals surface area contributed by atoms with Crippen molar-refractivity contribution in [3.63, 3.8) is 0 Å². The molecule has 0 saturated carbocycles. The second-order valence-electron chi connectivity index (χ2n) is 3.07. The summed E-state index contributed by atoms with van der Waals surface area (Å²) in [6.07, 6.45) is 0. The number of rotatable bonds is 1. The van der Waals surface area contributed by atoms with Crippen LogP contribution in [0.3, 0.4) is 0 Å². The molecule has 0 aliphatic carbocycles. The third-order valence-electron chi connectivity index (χ3n) is 1.90. The Balaban J connectivity index is 2.36.